The summed E-state index contributed by atoms with van der Waals surface area (Å²) < 4.78 is 87.1. The van der Waals surface area contributed by atoms with Crippen molar-refractivity contribution < 1.29 is 35.9 Å². The molecule has 0 spiro atoms. The highest BCUT2D eigenvalue weighted by Crippen LogP contribution is 2.41. The van der Waals surface area contributed by atoms with Crippen molar-refractivity contribution in [2.24, 2.45) is 0 Å². The van der Waals surface area contributed by atoms with Gasteiger partial charge in [0.15, 0.2) is 0 Å². The van der Waals surface area contributed by atoms with E-state index < -0.39 is 29.6 Å². The molecule has 0 aromatic heterocycles. The number of benzene rings is 2. The summed E-state index contributed by atoms with van der Waals surface area (Å²) in [4.78, 5) is 14.2. The Kier molecular flexibility index (Phi) is 8.31. The van der Waals surface area contributed by atoms with Gasteiger partial charge < -0.3 is 4.74 Å². The van der Waals surface area contributed by atoms with E-state index in [4.69, 9.17) is 4.74 Å². The Morgan fingerprint density at radius 3 is 2.23 bits per heavy atom. The van der Waals surface area contributed by atoms with E-state index in [1.165, 1.54) is 16.8 Å². The molecule has 35 heavy (non-hydrogen) atoms. The Labute approximate surface area is 204 Å². The number of hydrogen-bond acceptors (Lipinski definition) is 4. The lowest BCUT2D eigenvalue weighted by Crippen LogP contribution is -2.34. The van der Waals surface area contributed by atoms with Crippen molar-refractivity contribution in [1.29, 1.82) is 0 Å². The number of fused-ring (bicyclic) bond motifs is 1. The van der Waals surface area contributed by atoms with Crippen LogP contribution in [0.4, 0.5) is 36.8 Å². The number of carbonyl (C=O) groups is 1. The molecule has 1 atom stereocenters. The van der Waals surface area contributed by atoms with E-state index in [9.17, 15) is 31.1 Å². The van der Waals surface area contributed by atoms with Gasteiger partial charge in [0.1, 0.15) is 0 Å². The van der Waals surface area contributed by atoms with Crippen LogP contribution < -0.4 is 4.90 Å². The van der Waals surface area contributed by atoms with Crippen LogP contribution in [0.5, 0.6) is 0 Å². The highest BCUT2D eigenvalue weighted by atomic mass is 32.2. The summed E-state index contributed by atoms with van der Waals surface area (Å²) in [6.07, 6.45) is -7.80. The van der Waals surface area contributed by atoms with E-state index in [0.717, 1.165) is 17.7 Å². The van der Waals surface area contributed by atoms with Gasteiger partial charge in [0.25, 0.3) is 0 Å². The maximum Gasteiger partial charge on any atom is 0.416 e. The van der Waals surface area contributed by atoms with Crippen LogP contribution in [0.1, 0.15) is 55.0 Å². The van der Waals surface area contributed by atoms with Crippen LogP contribution in [0.3, 0.4) is 0 Å². The molecule has 0 radical (unpaired) electrons. The molecule has 1 heterocycles. The summed E-state index contributed by atoms with van der Waals surface area (Å²) in [5.41, 5.74) is -1.42. The zero-order chi connectivity index (χ0) is 26.0. The van der Waals surface area contributed by atoms with Crippen molar-refractivity contribution in [2.75, 3.05) is 17.7 Å². The number of nitrogens with zero attached hydrogens (tertiary/aromatic N) is 2. The third-order valence-electron chi connectivity index (χ3n) is 5.57. The number of amides is 1. The largest absolute Gasteiger partial charge is 0.446 e. The Morgan fingerprint density at radius 2 is 1.69 bits per heavy atom. The van der Waals surface area contributed by atoms with Crippen molar-refractivity contribution in [2.45, 2.75) is 57.7 Å². The molecule has 2 aromatic carbocycles. The number of rotatable bonds is 5. The van der Waals surface area contributed by atoms with Crippen molar-refractivity contribution in [3.8, 4) is 0 Å². The second-order valence-electron chi connectivity index (χ2n) is 8.47. The van der Waals surface area contributed by atoms with Gasteiger partial charge in [0.2, 0.25) is 0 Å². The second kappa shape index (κ2) is 10.7. The average molecular weight is 521 g/mol. The number of halogens is 6. The van der Waals surface area contributed by atoms with E-state index >= 15 is 0 Å². The molecular weight excluding hydrogens is 494 g/mol. The van der Waals surface area contributed by atoms with Gasteiger partial charge in [0.05, 0.1) is 22.9 Å². The molecule has 0 saturated carbocycles. The molecule has 1 aliphatic rings. The number of ether oxygens (including phenoxy) is 1. The second-order valence-corrected chi connectivity index (χ2v) is 9.31. The summed E-state index contributed by atoms with van der Waals surface area (Å²) in [5.74, 6) is 0. The summed E-state index contributed by atoms with van der Waals surface area (Å²) in [6.45, 7) is 3.71. The van der Waals surface area contributed by atoms with Crippen LogP contribution in [0.2, 0.25) is 0 Å². The maximum absolute atomic E-state index is 13.3. The number of anilines is 1. The molecule has 4 nitrogen and oxygen atoms in total. The molecule has 0 saturated heterocycles. The fraction of sp³-hybridized carbons (Fsp3) is 0.458. The van der Waals surface area contributed by atoms with Crippen LogP contribution >= 0.6 is 11.9 Å². The minimum absolute atomic E-state index is 0.0979. The number of para-hydroxylation sites is 1. The van der Waals surface area contributed by atoms with Gasteiger partial charge in [-0.15, -0.1) is 0 Å². The minimum atomic E-state index is -4.91. The van der Waals surface area contributed by atoms with Crippen molar-refractivity contribution in [3.05, 3.63) is 64.7 Å². The predicted octanol–water partition coefficient (Wildman–Crippen LogP) is 7.69. The van der Waals surface area contributed by atoms with Gasteiger partial charge in [-0.05, 0) is 68.3 Å². The predicted molar refractivity (Wildman–Crippen MR) is 123 cm³/mol. The van der Waals surface area contributed by atoms with Crippen molar-refractivity contribution in [1.82, 2.24) is 4.31 Å². The fourth-order valence-corrected chi connectivity index (χ4v) is 4.83. The van der Waals surface area contributed by atoms with E-state index in [-0.39, 0.29) is 30.3 Å². The Morgan fingerprint density at radius 1 is 1.09 bits per heavy atom. The first kappa shape index (κ1) is 27.2. The molecule has 0 fully saturated rings. The molecule has 1 aliphatic heterocycles. The van der Waals surface area contributed by atoms with Crippen LogP contribution in [0, 0.1) is 0 Å². The summed E-state index contributed by atoms with van der Waals surface area (Å²) >= 11 is 1.23. The monoisotopic (exact) mass is 520 g/mol. The lowest BCUT2D eigenvalue weighted by Gasteiger charge is -2.31. The van der Waals surface area contributed by atoms with Gasteiger partial charge >= 0.3 is 18.4 Å². The maximum atomic E-state index is 13.3. The highest BCUT2D eigenvalue weighted by molar-refractivity contribution is 7.96. The lowest BCUT2D eigenvalue weighted by molar-refractivity contribution is -0.143. The highest BCUT2D eigenvalue weighted by Gasteiger charge is 2.37. The van der Waals surface area contributed by atoms with E-state index in [2.05, 4.69) is 0 Å². The van der Waals surface area contributed by atoms with Gasteiger partial charge in [-0.25, -0.2) is 9.10 Å². The smallest absolute Gasteiger partial charge is 0.416 e. The Balaban J connectivity index is 1.98. The third kappa shape index (κ3) is 6.63. The fourth-order valence-electron chi connectivity index (χ4n) is 4.08. The summed E-state index contributed by atoms with van der Waals surface area (Å²) in [5, 5.41) is 0. The molecule has 0 bridgehead atoms. The molecule has 0 aliphatic carbocycles. The van der Waals surface area contributed by atoms with Gasteiger partial charge in [-0.1, -0.05) is 30.1 Å². The van der Waals surface area contributed by atoms with Gasteiger partial charge in [-0.2, -0.15) is 26.3 Å². The van der Waals surface area contributed by atoms with E-state index in [1.807, 2.05) is 6.07 Å². The third-order valence-corrected chi connectivity index (χ3v) is 6.42. The molecular formula is C24H26F6N2O2S. The van der Waals surface area contributed by atoms with E-state index in [0.29, 0.717) is 25.1 Å². The molecule has 1 unspecified atom stereocenters. The van der Waals surface area contributed by atoms with Crippen LogP contribution in [-0.4, -0.2) is 29.3 Å². The zero-order valence-electron chi connectivity index (χ0n) is 19.4. The number of hydrogen-bond donors (Lipinski definition) is 0. The van der Waals surface area contributed by atoms with Gasteiger partial charge in [0, 0.05) is 19.1 Å². The number of carbonyl (C=O) groups excluding carboxylic acids is 1. The van der Waals surface area contributed by atoms with Crippen molar-refractivity contribution >= 4 is 23.7 Å². The topological polar surface area (TPSA) is 32.8 Å². The Hall–Kier alpha value is -2.40. The molecule has 0 N–H and O–H groups in total. The number of alkyl halides is 6. The van der Waals surface area contributed by atoms with Crippen molar-refractivity contribution in [3.63, 3.8) is 0 Å². The average Bonchev–Trinajstić information content (AvgIpc) is 2.95. The van der Waals surface area contributed by atoms with E-state index in [1.54, 1.807) is 42.6 Å². The Bertz CT molecular complexity index is 1010. The minimum Gasteiger partial charge on any atom is -0.446 e. The molecule has 11 heteroatoms. The molecule has 192 valence electrons. The SMILES string of the molecule is CSN(Cc1cc(C(F)(F)F)cc(C(F)(F)F)c1)C1CCCN(C(=O)OC(C)C)c2ccccc21. The first-order chi connectivity index (χ1) is 16.3. The van der Waals surface area contributed by atoms with Crippen LogP contribution in [0.15, 0.2) is 42.5 Å². The summed E-state index contributed by atoms with van der Waals surface area (Å²) in [7, 11) is 0. The molecule has 3 rings (SSSR count). The van der Waals surface area contributed by atoms with Crippen LogP contribution in [0.25, 0.3) is 0 Å². The standard InChI is InChI=1S/C24H26F6N2O2S/c1-15(2)34-22(33)31-10-6-9-21(19-7-4-5-8-20(19)31)32(35-3)14-16-11-17(23(25,26)27)13-18(12-16)24(28,29)30/h4-5,7-8,11-13,15,21H,6,9-10,14H2,1-3H3. The molecule has 1 amide bonds. The van der Waals surface area contributed by atoms with Crippen LogP contribution in [-0.2, 0) is 23.6 Å². The first-order valence-electron chi connectivity index (χ1n) is 11.0. The summed E-state index contributed by atoms with van der Waals surface area (Å²) in [6, 6.07) is 8.43. The molecule has 2 aromatic rings. The normalized spacial score (nSPS) is 16.9. The van der Waals surface area contributed by atoms with Gasteiger partial charge in [-0.3, -0.25) is 4.90 Å². The lowest BCUT2D eigenvalue weighted by atomic mass is 10.00. The first-order valence-corrected chi connectivity index (χ1v) is 12.2. The zero-order valence-corrected chi connectivity index (χ0v) is 20.2. The quantitative estimate of drug-likeness (QED) is 0.299.